The zero-order chi connectivity index (χ0) is 14.8. The molecule has 1 aliphatic carbocycles. The van der Waals surface area contributed by atoms with Crippen molar-refractivity contribution >= 4 is 11.6 Å². The molecule has 2 aromatic rings. The lowest BCUT2D eigenvalue weighted by atomic mass is 10.0. The van der Waals surface area contributed by atoms with Gasteiger partial charge in [-0.25, -0.2) is 0 Å². The van der Waals surface area contributed by atoms with Crippen molar-refractivity contribution in [2.45, 2.75) is 32.2 Å². The summed E-state index contributed by atoms with van der Waals surface area (Å²) in [6.07, 6.45) is 2.75. The molecule has 0 bridgehead atoms. The second-order valence-electron chi connectivity index (χ2n) is 5.36. The number of carbonyl (C=O) groups is 1. The summed E-state index contributed by atoms with van der Waals surface area (Å²) in [7, 11) is 0. The van der Waals surface area contributed by atoms with E-state index in [-0.39, 0.29) is 17.9 Å². The first-order valence-corrected chi connectivity index (χ1v) is 7.11. The number of hydrogen-bond acceptors (Lipinski definition) is 5. The summed E-state index contributed by atoms with van der Waals surface area (Å²) in [5, 5.41) is 10.8. The first-order valence-electron chi connectivity index (χ1n) is 7.11. The Morgan fingerprint density at radius 2 is 2.14 bits per heavy atom. The number of benzene rings is 1. The summed E-state index contributed by atoms with van der Waals surface area (Å²) in [6.45, 7) is 1.73. The Kier molecular flexibility index (Phi) is 3.70. The molecule has 0 radical (unpaired) electrons. The molecule has 3 rings (SSSR count). The number of rotatable bonds is 3. The van der Waals surface area contributed by atoms with Crippen LogP contribution in [0, 0.1) is 12.8 Å². The van der Waals surface area contributed by atoms with Gasteiger partial charge in [0.15, 0.2) is 0 Å². The Morgan fingerprint density at radius 1 is 1.33 bits per heavy atom. The third kappa shape index (κ3) is 2.80. The van der Waals surface area contributed by atoms with Crippen molar-refractivity contribution in [1.29, 1.82) is 0 Å². The molecule has 110 valence electrons. The highest BCUT2D eigenvalue weighted by Gasteiger charge is 2.30. The molecule has 6 heteroatoms. The van der Waals surface area contributed by atoms with E-state index in [1.807, 2.05) is 24.3 Å². The number of anilines is 1. The molecule has 1 fully saturated rings. The molecular formula is C15H18N4O2. The van der Waals surface area contributed by atoms with E-state index in [0.717, 1.165) is 24.8 Å². The van der Waals surface area contributed by atoms with Crippen LogP contribution in [0.15, 0.2) is 28.7 Å². The SMILES string of the molecule is Cc1nnc(-c2ccccc2NC(=O)C2CCCC2N)o1. The highest BCUT2D eigenvalue weighted by Crippen LogP contribution is 2.29. The van der Waals surface area contributed by atoms with Crippen molar-refractivity contribution in [3.63, 3.8) is 0 Å². The van der Waals surface area contributed by atoms with Gasteiger partial charge in [0, 0.05) is 13.0 Å². The van der Waals surface area contributed by atoms with Crippen molar-refractivity contribution in [1.82, 2.24) is 10.2 Å². The van der Waals surface area contributed by atoms with Gasteiger partial charge < -0.3 is 15.5 Å². The maximum Gasteiger partial charge on any atom is 0.249 e. The van der Waals surface area contributed by atoms with E-state index in [9.17, 15) is 4.79 Å². The zero-order valence-electron chi connectivity index (χ0n) is 11.9. The average molecular weight is 286 g/mol. The van der Waals surface area contributed by atoms with Gasteiger partial charge in [0.2, 0.25) is 17.7 Å². The summed E-state index contributed by atoms with van der Waals surface area (Å²) in [5.74, 6) is 0.731. The lowest BCUT2D eigenvalue weighted by Gasteiger charge is -2.16. The van der Waals surface area contributed by atoms with Gasteiger partial charge in [-0.2, -0.15) is 0 Å². The zero-order valence-corrected chi connectivity index (χ0v) is 11.9. The highest BCUT2D eigenvalue weighted by molar-refractivity contribution is 5.96. The van der Waals surface area contributed by atoms with Crippen LogP contribution in [0.2, 0.25) is 0 Å². The molecule has 21 heavy (non-hydrogen) atoms. The van der Waals surface area contributed by atoms with Gasteiger partial charge in [0.25, 0.3) is 0 Å². The Hall–Kier alpha value is -2.21. The second kappa shape index (κ2) is 5.65. The topological polar surface area (TPSA) is 94.0 Å². The number of nitrogens with one attached hydrogen (secondary N) is 1. The van der Waals surface area contributed by atoms with E-state index in [1.165, 1.54) is 0 Å². The van der Waals surface area contributed by atoms with Crippen molar-refractivity contribution in [3.8, 4) is 11.5 Å². The number of nitrogens with zero attached hydrogens (tertiary/aromatic N) is 2. The summed E-state index contributed by atoms with van der Waals surface area (Å²) in [4.78, 5) is 12.4. The normalized spacial score (nSPS) is 21.4. The minimum absolute atomic E-state index is 0.0383. The molecule has 1 amide bonds. The van der Waals surface area contributed by atoms with Crippen LogP contribution >= 0.6 is 0 Å². The van der Waals surface area contributed by atoms with E-state index in [0.29, 0.717) is 17.5 Å². The molecule has 1 heterocycles. The predicted octanol–water partition coefficient (Wildman–Crippen LogP) is 2.11. The number of aryl methyl sites for hydroxylation is 1. The van der Waals surface area contributed by atoms with Gasteiger partial charge in [-0.15, -0.1) is 10.2 Å². The molecule has 1 saturated carbocycles. The van der Waals surface area contributed by atoms with Gasteiger partial charge in [0.1, 0.15) is 0 Å². The summed E-state index contributed by atoms with van der Waals surface area (Å²) in [6, 6.07) is 7.34. The lowest BCUT2D eigenvalue weighted by molar-refractivity contribution is -0.120. The van der Waals surface area contributed by atoms with Crippen LogP contribution in [0.5, 0.6) is 0 Å². The quantitative estimate of drug-likeness (QED) is 0.901. The minimum Gasteiger partial charge on any atom is -0.421 e. The molecule has 0 aliphatic heterocycles. The number of hydrogen-bond donors (Lipinski definition) is 2. The molecule has 1 aromatic heterocycles. The molecule has 0 saturated heterocycles. The number of aromatic nitrogens is 2. The molecule has 3 N–H and O–H groups in total. The van der Waals surface area contributed by atoms with Gasteiger partial charge >= 0.3 is 0 Å². The fourth-order valence-corrected chi connectivity index (χ4v) is 2.72. The molecule has 1 aromatic carbocycles. The molecule has 0 spiro atoms. The van der Waals surface area contributed by atoms with Crippen LogP contribution in [0.4, 0.5) is 5.69 Å². The maximum atomic E-state index is 12.4. The number of carbonyl (C=O) groups excluding carboxylic acids is 1. The van der Waals surface area contributed by atoms with Crippen molar-refractivity contribution < 1.29 is 9.21 Å². The minimum atomic E-state index is -0.123. The predicted molar refractivity (Wildman–Crippen MR) is 78.4 cm³/mol. The molecule has 1 aliphatic rings. The highest BCUT2D eigenvalue weighted by atomic mass is 16.4. The van der Waals surface area contributed by atoms with Crippen LogP contribution in [-0.2, 0) is 4.79 Å². The smallest absolute Gasteiger partial charge is 0.249 e. The second-order valence-corrected chi connectivity index (χ2v) is 5.36. The van der Waals surface area contributed by atoms with Crippen molar-refractivity contribution in [2.24, 2.45) is 11.7 Å². The molecular weight excluding hydrogens is 268 g/mol. The van der Waals surface area contributed by atoms with Crippen LogP contribution in [0.3, 0.4) is 0 Å². The van der Waals surface area contributed by atoms with E-state index in [1.54, 1.807) is 6.92 Å². The number of amides is 1. The Morgan fingerprint density at radius 3 is 2.81 bits per heavy atom. The van der Waals surface area contributed by atoms with Crippen LogP contribution in [-0.4, -0.2) is 22.1 Å². The van der Waals surface area contributed by atoms with E-state index >= 15 is 0 Å². The van der Waals surface area contributed by atoms with Crippen molar-refractivity contribution in [3.05, 3.63) is 30.2 Å². The van der Waals surface area contributed by atoms with Crippen LogP contribution < -0.4 is 11.1 Å². The molecule has 6 nitrogen and oxygen atoms in total. The fourth-order valence-electron chi connectivity index (χ4n) is 2.72. The number of para-hydroxylation sites is 1. The Bertz CT molecular complexity index is 653. The third-order valence-corrected chi connectivity index (χ3v) is 3.85. The lowest BCUT2D eigenvalue weighted by Crippen LogP contribution is -2.34. The Balaban J connectivity index is 1.84. The van der Waals surface area contributed by atoms with Crippen LogP contribution in [0.25, 0.3) is 11.5 Å². The standard InChI is InChI=1S/C15H18N4O2/c1-9-18-19-15(21-9)11-5-2-3-8-13(11)17-14(20)10-6-4-7-12(10)16/h2-3,5,8,10,12H,4,6-7,16H2,1H3,(H,17,20). The summed E-state index contributed by atoms with van der Waals surface area (Å²) < 4.78 is 5.44. The number of nitrogens with two attached hydrogens (primary N) is 1. The average Bonchev–Trinajstić information content (AvgIpc) is 3.08. The molecule has 2 unspecified atom stereocenters. The van der Waals surface area contributed by atoms with E-state index < -0.39 is 0 Å². The van der Waals surface area contributed by atoms with Gasteiger partial charge in [0.05, 0.1) is 17.2 Å². The molecule has 2 atom stereocenters. The van der Waals surface area contributed by atoms with E-state index in [2.05, 4.69) is 15.5 Å². The van der Waals surface area contributed by atoms with Gasteiger partial charge in [-0.1, -0.05) is 18.6 Å². The summed E-state index contributed by atoms with van der Waals surface area (Å²) >= 11 is 0. The first-order chi connectivity index (χ1) is 10.1. The van der Waals surface area contributed by atoms with E-state index in [4.69, 9.17) is 10.2 Å². The largest absolute Gasteiger partial charge is 0.421 e. The van der Waals surface area contributed by atoms with Gasteiger partial charge in [-0.3, -0.25) is 4.79 Å². The maximum absolute atomic E-state index is 12.4. The van der Waals surface area contributed by atoms with Crippen molar-refractivity contribution in [2.75, 3.05) is 5.32 Å². The monoisotopic (exact) mass is 286 g/mol. The van der Waals surface area contributed by atoms with Crippen LogP contribution in [0.1, 0.15) is 25.2 Å². The van der Waals surface area contributed by atoms with Gasteiger partial charge in [-0.05, 0) is 25.0 Å². The summed E-state index contributed by atoms with van der Waals surface area (Å²) in [5.41, 5.74) is 7.38. The first kappa shape index (κ1) is 13.8. The fraction of sp³-hybridized carbons (Fsp3) is 0.400. The third-order valence-electron chi connectivity index (χ3n) is 3.85. The Labute approximate surface area is 122 Å².